The summed E-state index contributed by atoms with van der Waals surface area (Å²) in [5.41, 5.74) is 0. The number of rotatable bonds is 2. The van der Waals surface area contributed by atoms with Crippen LogP contribution in [0.5, 0.6) is 0 Å². The largest absolute Gasteiger partial charge is 0.396 e. The van der Waals surface area contributed by atoms with Crippen molar-refractivity contribution in [2.24, 2.45) is 5.92 Å². The second-order valence-corrected chi connectivity index (χ2v) is 5.29. The van der Waals surface area contributed by atoms with Crippen molar-refractivity contribution in [1.82, 2.24) is 4.90 Å². The number of likely N-dealkylation sites (tertiary alicyclic amines) is 1. The average molecular weight is 225 g/mol. The van der Waals surface area contributed by atoms with Crippen LogP contribution < -0.4 is 0 Å². The number of carbonyl (C=O) groups excluding carboxylic acids is 1. The Balaban J connectivity index is 2.03. The number of carbonyl (C=O) groups is 1. The first-order chi connectivity index (χ1) is 7.20. The molecule has 1 atom stereocenters. The number of aryl methyl sites for hydroxylation is 1. The van der Waals surface area contributed by atoms with Gasteiger partial charge in [0.1, 0.15) is 0 Å². The number of thiophene rings is 1. The minimum absolute atomic E-state index is 0.115. The zero-order chi connectivity index (χ0) is 10.8. The van der Waals surface area contributed by atoms with E-state index in [0.717, 1.165) is 22.7 Å². The summed E-state index contributed by atoms with van der Waals surface area (Å²) >= 11 is 1.54. The normalized spacial score (nSPS) is 20.9. The summed E-state index contributed by atoms with van der Waals surface area (Å²) in [6, 6.07) is 3.85. The van der Waals surface area contributed by atoms with Gasteiger partial charge in [0.15, 0.2) is 0 Å². The second-order valence-electron chi connectivity index (χ2n) is 4.00. The van der Waals surface area contributed by atoms with Crippen molar-refractivity contribution in [2.45, 2.75) is 13.3 Å². The van der Waals surface area contributed by atoms with Gasteiger partial charge in [-0.1, -0.05) is 0 Å². The maximum atomic E-state index is 12.0. The van der Waals surface area contributed by atoms with Gasteiger partial charge in [-0.2, -0.15) is 0 Å². The third-order valence-electron chi connectivity index (χ3n) is 2.78. The fourth-order valence-electron chi connectivity index (χ4n) is 1.87. The van der Waals surface area contributed by atoms with Crippen molar-refractivity contribution in [2.75, 3.05) is 19.7 Å². The van der Waals surface area contributed by atoms with Gasteiger partial charge in [0.2, 0.25) is 0 Å². The predicted molar refractivity (Wildman–Crippen MR) is 60.2 cm³/mol. The van der Waals surface area contributed by atoms with Crippen LogP contribution in [0.15, 0.2) is 12.1 Å². The third-order valence-corrected chi connectivity index (χ3v) is 3.77. The first kappa shape index (κ1) is 10.6. The van der Waals surface area contributed by atoms with Crippen molar-refractivity contribution >= 4 is 17.2 Å². The molecule has 1 amide bonds. The number of aliphatic hydroxyl groups excluding tert-OH is 1. The monoisotopic (exact) mass is 225 g/mol. The first-order valence-electron chi connectivity index (χ1n) is 5.17. The molecule has 15 heavy (non-hydrogen) atoms. The van der Waals surface area contributed by atoms with Gasteiger partial charge < -0.3 is 10.0 Å². The molecule has 0 bridgehead atoms. The molecule has 1 fully saturated rings. The van der Waals surface area contributed by atoms with Crippen LogP contribution >= 0.6 is 11.3 Å². The van der Waals surface area contributed by atoms with Gasteiger partial charge >= 0.3 is 0 Å². The number of aliphatic hydroxyl groups is 1. The fraction of sp³-hybridized carbons (Fsp3) is 0.545. The minimum atomic E-state index is 0.115. The molecule has 3 nitrogen and oxygen atoms in total. The van der Waals surface area contributed by atoms with Crippen LogP contribution in [-0.2, 0) is 0 Å². The molecule has 1 N–H and O–H groups in total. The molecule has 1 aliphatic rings. The van der Waals surface area contributed by atoms with E-state index >= 15 is 0 Å². The highest BCUT2D eigenvalue weighted by atomic mass is 32.1. The van der Waals surface area contributed by atoms with Crippen LogP contribution in [0.2, 0.25) is 0 Å². The highest BCUT2D eigenvalue weighted by molar-refractivity contribution is 7.13. The molecule has 0 unspecified atom stereocenters. The summed E-state index contributed by atoms with van der Waals surface area (Å²) < 4.78 is 0. The standard InChI is InChI=1S/C11H15NO2S/c1-8-2-3-10(15-8)11(14)12-5-4-9(6-12)7-13/h2-3,9,13H,4-7H2,1H3/t9-/m1/s1. The van der Waals surface area contributed by atoms with Crippen molar-refractivity contribution in [3.05, 3.63) is 21.9 Å². The summed E-state index contributed by atoms with van der Waals surface area (Å²) in [5, 5.41) is 9.00. The molecule has 0 saturated carbocycles. The molecule has 4 heteroatoms. The zero-order valence-corrected chi connectivity index (χ0v) is 9.59. The van der Waals surface area contributed by atoms with Crippen molar-refractivity contribution < 1.29 is 9.90 Å². The Kier molecular flexibility index (Phi) is 3.07. The second kappa shape index (κ2) is 4.33. The summed E-state index contributed by atoms with van der Waals surface area (Å²) in [6.07, 6.45) is 0.923. The number of nitrogens with zero attached hydrogens (tertiary/aromatic N) is 1. The van der Waals surface area contributed by atoms with Gasteiger partial charge in [0.05, 0.1) is 4.88 Å². The summed E-state index contributed by atoms with van der Waals surface area (Å²) in [4.78, 5) is 15.8. The fourth-order valence-corrected chi connectivity index (χ4v) is 2.71. The highest BCUT2D eigenvalue weighted by Crippen LogP contribution is 2.22. The van der Waals surface area contributed by atoms with Crippen molar-refractivity contribution in [3.63, 3.8) is 0 Å². The van der Waals surface area contributed by atoms with E-state index in [1.807, 2.05) is 24.0 Å². The molecule has 1 aromatic heterocycles. The lowest BCUT2D eigenvalue weighted by atomic mass is 10.1. The first-order valence-corrected chi connectivity index (χ1v) is 5.99. The molecule has 0 aliphatic carbocycles. The number of hydrogen-bond acceptors (Lipinski definition) is 3. The Morgan fingerprint density at radius 2 is 2.47 bits per heavy atom. The van der Waals surface area contributed by atoms with Gasteiger partial charge in [-0.25, -0.2) is 0 Å². The Hall–Kier alpha value is -0.870. The zero-order valence-electron chi connectivity index (χ0n) is 8.77. The molecule has 1 saturated heterocycles. The van der Waals surface area contributed by atoms with E-state index < -0.39 is 0 Å². The average Bonchev–Trinajstić information content (AvgIpc) is 2.84. The third kappa shape index (κ3) is 2.21. The summed E-state index contributed by atoms with van der Waals surface area (Å²) in [5.74, 6) is 0.388. The molecule has 0 aromatic carbocycles. The molecule has 0 spiro atoms. The molecular formula is C11H15NO2S. The molecule has 0 radical (unpaired) electrons. The van der Waals surface area contributed by atoms with E-state index in [1.54, 1.807) is 0 Å². The van der Waals surface area contributed by atoms with E-state index in [2.05, 4.69) is 0 Å². The Morgan fingerprint density at radius 3 is 3.00 bits per heavy atom. The van der Waals surface area contributed by atoms with Gasteiger partial charge in [0, 0.05) is 30.5 Å². The predicted octanol–water partition coefficient (Wildman–Crippen LogP) is 1.51. The SMILES string of the molecule is Cc1ccc(C(=O)N2CC[C@@H](CO)C2)s1. The quantitative estimate of drug-likeness (QED) is 0.829. The minimum Gasteiger partial charge on any atom is -0.396 e. The molecule has 82 valence electrons. The van der Waals surface area contributed by atoms with Gasteiger partial charge in [0.25, 0.3) is 5.91 Å². The van der Waals surface area contributed by atoms with Crippen LogP contribution in [0.25, 0.3) is 0 Å². The summed E-state index contributed by atoms with van der Waals surface area (Å²) in [7, 11) is 0. The van der Waals surface area contributed by atoms with Gasteiger partial charge in [-0.05, 0) is 25.5 Å². The maximum Gasteiger partial charge on any atom is 0.263 e. The van der Waals surface area contributed by atoms with Gasteiger partial charge in [-0.15, -0.1) is 11.3 Å². The lowest BCUT2D eigenvalue weighted by Gasteiger charge is -2.14. The molecule has 1 aromatic rings. The van der Waals surface area contributed by atoms with Crippen molar-refractivity contribution in [3.8, 4) is 0 Å². The highest BCUT2D eigenvalue weighted by Gasteiger charge is 2.26. The molecular weight excluding hydrogens is 210 g/mol. The van der Waals surface area contributed by atoms with E-state index in [0.29, 0.717) is 6.54 Å². The molecule has 2 rings (SSSR count). The van der Waals surface area contributed by atoms with E-state index in [-0.39, 0.29) is 18.4 Å². The van der Waals surface area contributed by atoms with E-state index in [1.165, 1.54) is 11.3 Å². The maximum absolute atomic E-state index is 12.0. The van der Waals surface area contributed by atoms with Crippen LogP contribution in [-0.4, -0.2) is 35.6 Å². The Bertz CT molecular complexity index is 361. The van der Waals surface area contributed by atoms with Crippen LogP contribution in [0, 0.1) is 12.8 Å². The van der Waals surface area contributed by atoms with Crippen molar-refractivity contribution in [1.29, 1.82) is 0 Å². The van der Waals surface area contributed by atoms with Gasteiger partial charge in [-0.3, -0.25) is 4.79 Å². The topological polar surface area (TPSA) is 40.5 Å². The van der Waals surface area contributed by atoms with E-state index in [9.17, 15) is 4.79 Å². The van der Waals surface area contributed by atoms with Crippen LogP contribution in [0.1, 0.15) is 21.0 Å². The number of hydrogen-bond donors (Lipinski definition) is 1. The van der Waals surface area contributed by atoms with Crippen LogP contribution in [0.4, 0.5) is 0 Å². The Morgan fingerprint density at radius 1 is 1.67 bits per heavy atom. The molecule has 2 heterocycles. The molecule has 1 aliphatic heterocycles. The van der Waals surface area contributed by atoms with E-state index in [4.69, 9.17) is 5.11 Å². The smallest absolute Gasteiger partial charge is 0.263 e. The number of amides is 1. The lowest BCUT2D eigenvalue weighted by molar-refractivity contribution is 0.0786. The van der Waals surface area contributed by atoms with Crippen LogP contribution in [0.3, 0.4) is 0 Å². The lowest BCUT2D eigenvalue weighted by Crippen LogP contribution is -2.28. The Labute approximate surface area is 93.3 Å². The summed E-state index contributed by atoms with van der Waals surface area (Å²) in [6.45, 7) is 3.67.